The number of aliphatic hydroxyl groups is 8. The maximum absolute atomic E-state index is 11.3. The normalized spacial score (nSPS) is 28.1. The second kappa shape index (κ2) is 33.6. The lowest BCUT2D eigenvalue weighted by Gasteiger charge is -2.46. The van der Waals surface area contributed by atoms with Gasteiger partial charge in [0, 0.05) is 53.9 Å². The molecule has 2 saturated heterocycles. The van der Waals surface area contributed by atoms with Gasteiger partial charge in [-0.25, -0.2) is 35.7 Å². The number of aliphatic imine (C=N–C) groups is 1. The van der Waals surface area contributed by atoms with Gasteiger partial charge in [0.25, 0.3) is 17.7 Å². The number of guanidine groups is 2. The highest BCUT2D eigenvalue weighted by molar-refractivity contribution is 6.35. The number of hydrogen-bond acceptors (Lipinski definition) is 27. The average Bonchev–Trinajstić information content (AvgIpc) is 2.54. The summed E-state index contributed by atoms with van der Waals surface area (Å²) in [5.41, 5.74) is 21.1. The van der Waals surface area contributed by atoms with E-state index in [2.05, 4.69) is 62.2 Å². The summed E-state index contributed by atoms with van der Waals surface area (Å²) in [6.45, 7) is 3.66. The molecule has 37 nitrogen and oxygen atoms in total. The van der Waals surface area contributed by atoms with Crippen LogP contribution in [0.15, 0.2) is 93.9 Å². The highest BCUT2D eigenvalue weighted by Gasteiger charge is 2.60. The maximum Gasteiger partial charge on any atom is 0.351 e. The molecule has 3 aromatic heterocycles. The van der Waals surface area contributed by atoms with E-state index in [0.717, 1.165) is 0 Å². The van der Waals surface area contributed by atoms with Crippen molar-refractivity contribution in [1.82, 2.24) is 41.9 Å². The number of nitrogens with two attached hydrogens (primary N) is 3. The molecule has 85 heavy (non-hydrogen) atoms. The molecule has 0 unspecified atom stereocenters. The molecule has 37 heteroatoms. The summed E-state index contributed by atoms with van der Waals surface area (Å²) in [5, 5.41) is 132. The second-order valence-electron chi connectivity index (χ2n) is 18.1. The number of carboxylic acid groups (broad SMARTS) is 3. The predicted molar refractivity (Wildman–Crippen MR) is 291 cm³/mol. The molecular weight excluding hydrogens is 1140 g/mol. The Hall–Kier alpha value is -8.70. The fourth-order valence-electron chi connectivity index (χ4n) is 7.47. The quantitative estimate of drug-likeness (QED) is 0.0320. The van der Waals surface area contributed by atoms with Gasteiger partial charge < -0.3 is 103 Å². The number of aromatic nitrogens is 3. The van der Waals surface area contributed by atoms with E-state index >= 15 is 0 Å². The van der Waals surface area contributed by atoms with Crippen LogP contribution in [0, 0.1) is 5.41 Å². The van der Waals surface area contributed by atoms with Crippen molar-refractivity contribution in [2.24, 2.45) is 37.5 Å². The van der Waals surface area contributed by atoms with Crippen LogP contribution in [-0.4, -0.2) is 247 Å². The van der Waals surface area contributed by atoms with Crippen LogP contribution in [0.25, 0.3) is 0 Å². The van der Waals surface area contributed by atoms with E-state index in [1.807, 2.05) is 0 Å². The Balaban J connectivity index is 0.000000343. The number of likely N-dealkylation sites (N-methyl/N-ethyl adjacent to an activating group) is 1. The number of ether oxygens (including phenoxy) is 4. The van der Waals surface area contributed by atoms with Crippen molar-refractivity contribution >= 4 is 64.7 Å². The van der Waals surface area contributed by atoms with E-state index in [0.29, 0.717) is 16.7 Å². The first-order chi connectivity index (χ1) is 40.0. The van der Waals surface area contributed by atoms with Crippen molar-refractivity contribution in [1.29, 1.82) is 5.41 Å². The number of nitrogens with one attached hydrogen (secondary N) is 6. The van der Waals surface area contributed by atoms with Crippen LogP contribution in [0.1, 0.15) is 58.8 Å². The molecule has 1 saturated carbocycles. The molecule has 5 heterocycles. The Morgan fingerprint density at radius 1 is 0.624 bits per heavy atom. The highest BCUT2D eigenvalue weighted by Crippen LogP contribution is 2.39. The van der Waals surface area contributed by atoms with Crippen molar-refractivity contribution in [2.45, 2.75) is 119 Å². The molecule has 0 spiro atoms. The molecule has 466 valence electrons. The third-order valence-electron chi connectivity index (χ3n) is 12.3. The van der Waals surface area contributed by atoms with Gasteiger partial charge in [-0.3, -0.25) is 34.7 Å². The van der Waals surface area contributed by atoms with Gasteiger partial charge in [-0.1, -0.05) is 0 Å². The van der Waals surface area contributed by atoms with E-state index in [4.69, 9.17) is 56.9 Å². The number of hydrazone groups is 3. The monoisotopic (exact) mass is 1200 g/mol. The summed E-state index contributed by atoms with van der Waals surface area (Å²) >= 11 is 0. The lowest BCUT2D eigenvalue weighted by Crippen LogP contribution is -2.70. The van der Waals surface area contributed by atoms with Crippen LogP contribution in [0.5, 0.6) is 0 Å². The summed E-state index contributed by atoms with van der Waals surface area (Å²) in [5.74, 6) is -6.08. The zero-order valence-electron chi connectivity index (χ0n) is 45.8. The molecule has 3 amide bonds. The third-order valence-corrected chi connectivity index (χ3v) is 12.3. The zero-order chi connectivity index (χ0) is 63.9. The van der Waals surface area contributed by atoms with Gasteiger partial charge in [0.05, 0.1) is 31.4 Å². The molecule has 1 aliphatic carbocycles. The van der Waals surface area contributed by atoms with Crippen LogP contribution in [-0.2, 0) is 33.3 Å². The minimum atomic E-state index is -2.15. The van der Waals surface area contributed by atoms with Crippen LogP contribution in [0.4, 0.5) is 0 Å². The average molecular weight is 1210 g/mol. The number of carbonyl (C=O) groups is 6. The highest BCUT2D eigenvalue weighted by atomic mass is 16.8. The van der Waals surface area contributed by atoms with E-state index in [1.54, 1.807) is 0 Å². The Bertz CT molecular complexity index is 2650. The van der Waals surface area contributed by atoms with Crippen LogP contribution in [0.2, 0.25) is 0 Å². The summed E-state index contributed by atoms with van der Waals surface area (Å²) in [4.78, 5) is 80.2. The smallest absolute Gasteiger partial charge is 0.351 e. The van der Waals surface area contributed by atoms with Gasteiger partial charge in [0.2, 0.25) is 0 Å². The van der Waals surface area contributed by atoms with Gasteiger partial charge in [-0.2, -0.15) is 15.3 Å². The minimum absolute atomic E-state index is 0.183. The Morgan fingerprint density at radius 2 is 1.02 bits per heavy atom. The Morgan fingerprint density at radius 3 is 1.36 bits per heavy atom. The summed E-state index contributed by atoms with van der Waals surface area (Å²) in [6.07, 6.45) is -8.15. The number of amides is 3. The molecule has 6 rings (SSSR count). The van der Waals surface area contributed by atoms with Gasteiger partial charge in [0.1, 0.15) is 77.6 Å². The number of carbonyl (C=O) groups excluding carboxylic acids is 3. The molecule has 0 aromatic carbocycles. The number of rotatable bonds is 18. The zero-order valence-corrected chi connectivity index (χ0v) is 45.8. The fourth-order valence-corrected chi connectivity index (χ4v) is 7.47. The van der Waals surface area contributed by atoms with Gasteiger partial charge in [0.15, 0.2) is 24.5 Å². The lowest BCUT2D eigenvalue weighted by molar-refractivity contribution is -0.317. The molecule has 2 aliphatic heterocycles. The number of hydrogen-bond donors (Lipinski definition) is 20. The summed E-state index contributed by atoms with van der Waals surface area (Å²) in [6, 6.07) is 5.06. The SMILES string of the molecule is CC(=NNC(=O)c1ccncc1)C(=O)O.CC(=NNC(=O)c1ccncc1)C(=O)O.CC(=NNC(=O)c1ccncc1)C(=O)O.CN[C@@H]1[C@H](O[C@H]2[C@H](O[C@H]3[C@H](O)[C@@H](O)[C@H](NC(=N)N)[C@@H](O)[C@@H]3N=C(N)N)O[C@@H](C)[C@]2(O)CO)O[C@@H](CO)[C@H](O)[C@H]1O. The van der Waals surface area contributed by atoms with Crippen molar-refractivity contribution in [3.8, 4) is 0 Å². The van der Waals surface area contributed by atoms with Gasteiger partial charge >= 0.3 is 17.9 Å². The topological polar surface area (TPSA) is 612 Å². The standard InChI is InChI=1S/C21H41N7O12.3C9H9N3O3/c1-5-21(36,4-30)16(40-17-9(26-2)13(34)10(31)6(3-29)38-17)18(37-5)39-15-8(28-20(24)25)11(32)7(27-19(22)23)12(33)14(15)35;3*1-6(9(14)15)11-12-8(13)7-2-4-10-5-3-7/h5-18,26,29-36H,3-4H2,1-2H3,(H4,22,23,27)(H4,24,25,28);3*2-5H,1H3,(H,12,13)(H,14,15)/t5-,6-,7+,8-,9-,10-,11+,12-,13-,14+,15+,16-,17-,18-,21+;;;/m0.../s1. The van der Waals surface area contributed by atoms with Gasteiger partial charge in [-0.05, 0) is 71.1 Å². The van der Waals surface area contributed by atoms with Crippen molar-refractivity contribution in [3.05, 3.63) is 90.3 Å². The minimum Gasteiger partial charge on any atom is -0.477 e. The second-order valence-corrected chi connectivity index (χ2v) is 18.1. The van der Waals surface area contributed by atoms with Gasteiger partial charge in [-0.15, -0.1) is 0 Å². The molecular formula is C48H68N16O21. The summed E-state index contributed by atoms with van der Waals surface area (Å²) in [7, 11) is 1.44. The Labute approximate surface area is 481 Å². The largest absolute Gasteiger partial charge is 0.477 e. The number of aliphatic hydroxyl groups excluding tert-OH is 7. The fraction of sp³-hybridized carbons (Fsp3) is 0.458. The molecule has 0 bridgehead atoms. The molecule has 23 N–H and O–H groups in total. The predicted octanol–water partition coefficient (Wildman–Crippen LogP) is -7.34. The number of aliphatic carboxylic acids is 3. The van der Waals surface area contributed by atoms with E-state index in [1.165, 1.54) is 108 Å². The van der Waals surface area contributed by atoms with E-state index in [-0.39, 0.29) is 17.1 Å². The molecule has 3 aromatic rings. The van der Waals surface area contributed by atoms with Crippen LogP contribution >= 0.6 is 0 Å². The number of pyridine rings is 3. The lowest BCUT2D eigenvalue weighted by atomic mass is 9.81. The maximum atomic E-state index is 11.3. The molecule has 3 fully saturated rings. The van der Waals surface area contributed by atoms with Crippen molar-refractivity contribution in [3.63, 3.8) is 0 Å². The van der Waals surface area contributed by atoms with E-state index in [9.17, 15) is 69.6 Å². The summed E-state index contributed by atoms with van der Waals surface area (Å²) < 4.78 is 23.2. The van der Waals surface area contributed by atoms with Crippen molar-refractivity contribution in [2.75, 3.05) is 20.3 Å². The molecule has 15 atom stereocenters. The van der Waals surface area contributed by atoms with Crippen LogP contribution in [0.3, 0.4) is 0 Å². The van der Waals surface area contributed by atoms with Crippen LogP contribution < -0.4 is 44.1 Å². The van der Waals surface area contributed by atoms with Crippen molar-refractivity contribution < 1.29 is 104 Å². The first-order valence-corrected chi connectivity index (χ1v) is 24.8. The molecule has 3 aliphatic rings. The first kappa shape index (κ1) is 70.6. The Kier molecular flexibility index (Phi) is 27.9. The first-order valence-electron chi connectivity index (χ1n) is 24.8. The number of carboxylic acids is 3. The third kappa shape index (κ3) is 20.3. The number of nitrogens with zero attached hydrogens (tertiary/aromatic N) is 7. The van der Waals surface area contributed by atoms with E-state index < -0.39 is 152 Å². The molecule has 0 radical (unpaired) electrons.